The zero-order valence-electron chi connectivity index (χ0n) is 11.3. The van der Waals surface area contributed by atoms with E-state index in [1.54, 1.807) is 18.2 Å². The number of aromatic amines is 1. The molecule has 0 saturated heterocycles. The van der Waals surface area contributed by atoms with Gasteiger partial charge in [0.15, 0.2) is 5.43 Å². The summed E-state index contributed by atoms with van der Waals surface area (Å²) in [4.78, 5) is 26.0. The molecule has 5 heteroatoms. The summed E-state index contributed by atoms with van der Waals surface area (Å²) in [6.45, 7) is 3.82. The predicted molar refractivity (Wildman–Crippen MR) is 77.2 cm³/mol. The SMILES string of the molecule is CC(C)Oc1ccccc1NC(=O)c1cc(=O)cc[nH]1. The number of rotatable bonds is 4. The molecule has 104 valence electrons. The van der Waals surface area contributed by atoms with Crippen LogP contribution in [-0.4, -0.2) is 17.0 Å². The lowest BCUT2D eigenvalue weighted by atomic mass is 10.2. The fraction of sp³-hybridized carbons (Fsp3) is 0.200. The van der Waals surface area contributed by atoms with Gasteiger partial charge in [-0.05, 0) is 26.0 Å². The van der Waals surface area contributed by atoms with E-state index < -0.39 is 0 Å². The summed E-state index contributed by atoms with van der Waals surface area (Å²) in [6.07, 6.45) is 1.44. The maximum atomic E-state index is 12.1. The minimum Gasteiger partial charge on any atom is -0.489 e. The van der Waals surface area contributed by atoms with Gasteiger partial charge in [-0.25, -0.2) is 0 Å². The van der Waals surface area contributed by atoms with Crippen molar-refractivity contribution < 1.29 is 9.53 Å². The van der Waals surface area contributed by atoms with Crippen molar-refractivity contribution in [2.24, 2.45) is 0 Å². The van der Waals surface area contributed by atoms with Crippen LogP contribution in [-0.2, 0) is 0 Å². The highest BCUT2D eigenvalue weighted by Gasteiger charge is 2.11. The van der Waals surface area contributed by atoms with Crippen LogP contribution < -0.4 is 15.5 Å². The third-order valence-corrected chi connectivity index (χ3v) is 2.52. The molecular weight excluding hydrogens is 256 g/mol. The summed E-state index contributed by atoms with van der Waals surface area (Å²) in [5.74, 6) is 0.205. The summed E-state index contributed by atoms with van der Waals surface area (Å²) in [7, 11) is 0. The third kappa shape index (κ3) is 3.47. The maximum Gasteiger partial charge on any atom is 0.272 e. The number of H-pyrrole nitrogens is 1. The molecule has 2 rings (SSSR count). The smallest absolute Gasteiger partial charge is 0.272 e. The molecule has 2 N–H and O–H groups in total. The molecule has 0 unspecified atom stereocenters. The standard InChI is InChI=1S/C15H16N2O3/c1-10(2)20-14-6-4-3-5-12(14)17-15(19)13-9-11(18)7-8-16-13/h3-10H,1-2H3,(H,16,18)(H,17,19). The molecule has 1 aromatic carbocycles. The summed E-state index contributed by atoms with van der Waals surface area (Å²) in [6, 6.07) is 9.77. The molecule has 20 heavy (non-hydrogen) atoms. The molecule has 0 saturated carbocycles. The van der Waals surface area contributed by atoms with E-state index in [1.165, 1.54) is 18.3 Å². The highest BCUT2D eigenvalue weighted by molar-refractivity contribution is 6.03. The quantitative estimate of drug-likeness (QED) is 0.897. The van der Waals surface area contributed by atoms with Crippen LogP contribution in [0.5, 0.6) is 5.75 Å². The van der Waals surface area contributed by atoms with Crippen molar-refractivity contribution >= 4 is 11.6 Å². The maximum absolute atomic E-state index is 12.1. The first-order valence-corrected chi connectivity index (χ1v) is 6.32. The Balaban J connectivity index is 2.22. The molecule has 1 heterocycles. The molecule has 1 aromatic heterocycles. The highest BCUT2D eigenvalue weighted by Crippen LogP contribution is 2.25. The van der Waals surface area contributed by atoms with Gasteiger partial charge in [0.25, 0.3) is 5.91 Å². The van der Waals surface area contributed by atoms with Crippen molar-refractivity contribution in [2.45, 2.75) is 20.0 Å². The summed E-state index contributed by atoms with van der Waals surface area (Å²) >= 11 is 0. The molecule has 0 atom stereocenters. The zero-order valence-corrected chi connectivity index (χ0v) is 11.3. The van der Waals surface area contributed by atoms with E-state index >= 15 is 0 Å². The number of ether oxygens (including phenoxy) is 1. The average molecular weight is 272 g/mol. The molecule has 0 fully saturated rings. The van der Waals surface area contributed by atoms with Crippen molar-refractivity contribution in [1.82, 2.24) is 4.98 Å². The van der Waals surface area contributed by atoms with E-state index in [9.17, 15) is 9.59 Å². The molecule has 2 aromatic rings. The van der Waals surface area contributed by atoms with Crippen LogP contribution in [0.1, 0.15) is 24.3 Å². The minimum atomic E-state index is -0.387. The molecule has 0 aliphatic heterocycles. The number of benzene rings is 1. The number of aromatic nitrogens is 1. The van der Waals surface area contributed by atoms with Crippen LogP contribution >= 0.6 is 0 Å². The number of pyridine rings is 1. The normalized spacial score (nSPS) is 10.3. The number of carbonyl (C=O) groups excluding carboxylic acids is 1. The largest absolute Gasteiger partial charge is 0.489 e. The van der Waals surface area contributed by atoms with Gasteiger partial charge in [0.1, 0.15) is 11.4 Å². The van der Waals surface area contributed by atoms with Gasteiger partial charge in [0.05, 0.1) is 11.8 Å². The van der Waals surface area contributed by atoms with Gasteiger partial charge >= 0.3 is 0 Å². The lowest BCUT2D eigenvalue weighted by Crippen LogP contribution is -2.17. The van der Waals surface area contributed by atoms with E-state index in [1.807, 2.05) is 19.9 Å². The van der Waals surface area contributed by atoms with E-state index in [-0.39, 0.29) is 23.1 Å². The van der Waals surface area contributed by atoms with Gasteiger partial charge in [0, 0.05) is 18.3 Å². The van der Waals surface area contributed by atoms with Gasteiger partial charge in [-0.1, -0.05) is 12.1 Å². The highest BCUT2D eigenvalue weighted by atomic mass is 16.5. The number of hydrogen-bond acceptors (Lipinski definition) is 3. The zero-order chi connectivity index (χ0) is 14.5. The Bertz CT molecular complexity index is 662. The first-order valence-electron chi connectivity index (χ1n) is 6.32. The van der Waals surface area contributed by atoms with Gasteiger partial charge in [0.2, 0.25) is 0 Å². The number of hydrogen-bond donors (Lipinski definition) is 2. The van der Waals surface area contributed by atoms with E-state index in [2.05, 4.69) is 10.3 Å². The Morgan fingerprint density at radius 1 is 1.25 bits per heavy atom. The van der Waals surface area contributed by atoms with E-state index in [0.29, 0.717) is 11.4 Å². The third-order valence-electron chi connectivity index (χ3n) is 2.52. The Kier molecular flexibility index (Phi) is 4.20. The Hall–Kier alpha value is -2.56. The molecule has 0 aliphatic carbocycles. The Labute approximate surface area is 116 Å². The second-order valence-electron chi connectivity index (χ2n) is 4.55. The van der Waals surface area contributed by atoms with E-state index in [4.69, 9.17) is 4.74 Å². The Morgan fingerprint density at radius 2 is 2.00 bits per heavy atom. The summed E-state index contributed by atoms with van der Waals surface area (Å²) in [5.41, 5.74) is 0.549. The van der Waals surface area contributed by atoms with Crippen LogP contribution in [0.3, 0.4) is 0 Å². The van der Waals surface area contributed by atoms with Gasteiger partial charge in [-0.2, -0.15) is 0 Å². The Morgan fingerprint density at radius 3 is 2.70 bits per heavy atom. The summed E-state index contributed by atoms with van der Waals surface area (Å²) in [5, 5.41) is 2.73. The number of nitrogens with one attached hydrogen (secondary N) is 2. The molecular formula is C15H16N2O3. The van der Waals surface area contributed by atoms with Crippen molar-refractivity contribution in [2.75, 3.05) is 5.32 Å². The summed E-state index contributed by atoms with van der Waals surface area (Å²) < 4.78 is 5.62. The predicted octanol–water partition coefficient (Wildman–Crippen LogP) is 2.41. The van der Waals surface area contributed by atoms with Gasteiger partial charge in [-0.15, -0.1) is 0 Å². The fourth-order valence-electron chi connectivity index (χ4n) is 1.69. The second-order valence-corrected chi connectivity index (χ2v) is 4.55. The molecule has 0 bridgehead atoms. The average Bonchev–Trinajstić information content (AvgIpc) is 2.40. The monoisotopic (exact) mass is 272 g/mol. The van der Waals surface area contributed by atoms with Crippen molar-refractivity contribution in [3.05, 3.63) is 58.5 Å². The number of carbonyl (C=O) groups is 1. The van der Waals surface area contributed by atoms with Gasteiger partial charge in [-0.3, -0.25) is 9.59 Å². The van der Waals surface area contributed by atoms with Crippen LogP contribution in [0.15, 0.2) is 47.4 Å². The second kappa shape index (κ2) is 6.06. The minimum absolute atomic E-state index is 0.00424. The number of para-hydroxylation sites is 2. The van der Waals surface area contributed by atoms with Crippen molar-refractivity contribution in [3.63, 3.8) is 0 Å². The first-order chi connectivity index (χ1) is 9.56. The lowest BCUT2D eigenvalue weighted by Gasteiger charge is -2.14. The van der Waals surface area contributed by atoms with Crippen molar-refractivity contribution in [1.29, 1.82) is 0 Å². The number of amides is 1. The van der Waals surface area contributed by atoms with Crippen LogP contribution in [0.2, 0.25) is 0 Å². The lowest BCUT2D eigenvalue weighted by molar-refractivity contribution is 0.102. The molecule has 5 nitrogen and oxygen atoms in total. The van der Waals surface area contributed by atoms with Crippen LogP contribution in [0.4, 0.5) is 5.69 Å². The topological polar surface area (TPSA) is 71.2 Å². The number of anilines is 1. The molecule has 0 spiro atoms. The fourth-order valence-corrected chi connectivity index (χ4v) is 1.69. The molecule has 1 amide bonds. The van der Waals surface area contributed by atoms with Crippen LogP contribution in [0.25, 0.3) is 0 Å². The van der Waals surface area contributed by atoms with Crippen molar-refractivity contribution in [3.8, 4) is 5.75 Å². The van der Waals surface area contributed by atoms with E-state index in [0.717, 1.165) is 0 Å². The first kappa shape index (κ1) is 13.9. The van der Waals surface area contributed by atoms with Crippen LogP contribution in [0, 0.1) is 0 Å². The molecule has 0 aliphatic rings. The van der Waals surface area contributed by atoms with Gasteiger partial charge < -0.3 is 15.0 Å². The molecule has 0 radical (unpaired) electrons.